The van der Waals surface area contributed by atoms with E-state index in [1.165, 1.54) is 0 Å². The van der Waals surface area contributed by atoms with E-state index in [1.807, 2.05) is 46.0 Å². The van der Waals surface area contributed by atoms with Gasteiger partial charge in [-0.25, -0.2) is 4.79 Å². The standard InChI is InChI=1S/C21H30N2O3/c1-20(2,3)26-19(25)23-12-10-15(11-13-23)14-21(4)16-8-6-7-9-17(16)22(5)18(21)24/h6-9,15H,10-14H2,1-5H3. The third kappa shape index (κ3) is 3.44. The molecule has 3 rings (SSSR count). The summed E-state index contributed by atoms with van der Waals surface area (Å²) in [5, 5.41) is 0. The number of benzene rings is 1. The minimum Gasteiger partial charge on any atom is -0.444 e. The van der Waals surface area contributed by atoms with Gasteiger partial charge in [0.25, 0.3) is 0 Å². The van der Waals surface area contributed by atoms with Crippen molar-refractivity contribution < 1.29 is 14.3 Å². The lowest BCUT2D eigenvalue weighted by Gasteiger charge is -2.36. The van der Waals surface area contributed by atoms with Gasteiger partial charge in [-0.1, -0.05) is 18.2 Å². The first kappa shape index (κ1) is 18.7. The van der Waals surface area contributed by atoms with Crippen LogP contribution >= 0.6 is 0 Å². The molecule has 1 fully saturated rings. The van der Waals surface area contributed by atoms with Gasteiger partial charge in [-0.2, -0.15) is 0 Å². The molecule has 0 saturated carbocycles. The summed E-state index contributed by atoms with van der Waals surface area (Å²) in [6.45, 7) is 9.12. The van der Waals surface area contributed by atoms with E-state index in [0.717, 1.165) is 30.5 Å². The second-order valence-corrected chi connectivity index (χ2v) is 8.83. The molecule has 26 heavy (non-hydrogen) atoms. The summed E-state index contributed by atoms with van der Waals surface area (Å²) in [7, 11) is 1.86. The van der Waals surface area contributed by atoms with Crippen molar-refractivity contribution in [3.8, 4) is 0 Å². The number of carbonyl (C=O) groups excluding carboxylic acids is 2. The van der Waals surface area contributed by atoms with Gasteiger partial charge in [-0.15, -0.1) is 0 Å². The fraction of sp³-hybridized carbons (Fsp3) is 0.619. The normalized spacial score (nSPS) is 24.0. The van der Waals surface area contributed by atoms with Crippen LogP contribution in [0.3, 0.4) is 0 Å². The summed E-state index contributed by atoms with van der Waals surface area (Å²) in [5.41, 5.74) is 1.21. The predicted octanol–water partition coefficient (Wildman–Crippen LogP) is 3.96. The summed E-state index contributed by atoms with van der Waals surface area (Å²) < 4.78 is 5.47. The third-order valence-electron chi connectivity index (χ3n) is 5.60. The molecule has 2 aliphatic rings. The second-order valence-electron chi connectivity index (χ2n) is 8.83. The first-order chi connectivity index (χ1) is 12.1. The van der Waals surface area contributed by atoms with Crippen LogP contribution in [0.5, 0.6) is 0 Å². The summed E-state index contributed by atoms with van der Waals surface area (Å²) >= 11 is 0. The number of likely N-dealkylation sites (tertiary alicyclic amines) is 1. The lowest BCUT2D eigenvalue weighted by atomic mass is 9.74. The van der Waals surface area contributed by atoms with Gasteiger partial charge >= 0.3 is 6.09 Å². The maximum atomic E-state index is 12.9. The number of piperidine rings is 1. The number of likely N-dealkylation sites (N-methyl/N-ethyl adjacent to an activating group) is 1. The molecule has 1 aromatic rings. The molecular weight excluding hydrogens is 328 g/mol. The van der Waals surface area contributed by atoms with Gasteiger partial charge in [0, 0.05) is 25.8 Å². The van der Waals surface area contributed by atoms with Crippen LogP contribution in [0.25, 0.3) is 0 Å². The lowest BCUT2D eigenvalue weighted by molar-refractivity contribution is -0.123. The fourth-order valence-electron chi connectivity index (χ4n) is 4.25. The van der Waals surface area contributed by atoms with Gasteiger partial charge in [0.1, 0.15) is 5.60 Å². The van der Waals surface area contributed by atoms with Crippen molar-refractivity contribution in [3.05, 3.63) is 29.8 Å². The highest BCUT2D eigenvalue weighted by Gasteiger charge is 2.47. The number of hydrogen-bond donors (Lipinski definition) is 0. The monoisotopic (exact) mass is 358 g/mol. The van der Waals surface area contributed by atoms with Crippen LogP contribution in [0.4, 0.5) is 10.5 Å². The molecule has 0 spiro atoms. The average Bonchev–Trinajstić information content (AvgIpc) is 2.76. The first-order valence-electron chi connectivity index (χ1n) is 9.47. The van der Waals surface area contributed by atoms with Crippen molar-refractivity contribution in [3.63, 3.8) is 0 Å². The highest BCUT2D eigenvalue weighted by molar-refractivity contribution is 6.07. The van der Waals surface area contributed by atoms with Crippen LogP contribution in [-0.2, 0) is 14.9 Å². The number of hydrogen-bond acceptors (Lipinski definition) is 3. The molecule has 0 bridgehead atoms. The molecule has 0 radical (unpaired) electrons. The molecule has 5 heteroatoms. The van der Waals surface area contributed by atoms with Gasteiger partial charge < -0.3 is 14.5 Å². The number of amides is 2. The van der Waals surface area contributed by atoms with E-state index in [4.69, 9.17) is 4.74 Å². The second kappa shape index (κ2) is 6.60. The Morgan fingerprint density at radius 1 is 1.23 bits per heavy atom. The number of para-hydroxylation sites is 1. The van der Waals surface area contributed by atoms with Crippen LogP contribution in [-0.4, -0.2) is 42.6 Å². The fourth-order valence-corrected chi connectivity index (χ4v) is 4.25. The maximum Gasteiger partial charge on any atom is 0.410 e. The van der Waals surface area contributed by atoms with Crippen LogP contribution in [0.2, 0.25) is 0 Å². The van der Waals surface area contributed by atoms with Crippen molar-refractivity contribution in [1.82, 2.24) is 4.90 Å². The van der Waals surface area contributed by atoms with Crippen LogP contribution in [0.1, 0.15) is 52.5 Å². The zero-order chi connectivity index (χ0) is 19.1. The zero-order valence-electron chi connectivity index (χ0n) is 16.5. The summed E-state index contributed by atoms with van der Waals surface area (Å²) in [5.74, 6) is 0.607. The molecule has 1 atom stereocenters. The molecular formula is C21H30N2O3. The van der Waals surface area contributed by atoms with E-state index in [9.17, 15) is 9.59 Å². The smallest absolute Gasteiger partial charge is 0.410 e. The Kier molecular flexibility index (Phi) is 4.76. The van der Waals surface area contributed by atoms with E-state index in [-0.39, 0.29) is 12.0 Å². The van der Waals surface area contributed by atoms with Crippen LogP contribution < -0.4 is 4.90 Å². The molecule has 142 valence electrons. The van der Waals surface area contributed by atoms with Crippen molar-refractivity contribution in [2.45, 2.75) is 58.0 Å². The Morgan fingerprint density at radius 2 is 1.85 bits per heavy atom. The Morgan fingerprint density at radius 3 is 2.46 bits per heavy atom. The van der Waals surface area contributed by atoms with Crippen LogP contribution in [0, 0.1) is 5.92 Å². The number of fused-ring (bicyclic) bond motifs is 1. The number of rotatable bonds is 2. The first-order valence-corrected chi connectivity index (χ1v) is 9.47. The van der Waals surface area contributed by atoms with Crippen molar-refractivity contribution in [2.24, 2.45) is 5.92 Å². The van der Waals surface area contributed by atoms with Gasteiger partial charge in [0.15, 0.2) is 0 Å². The van der Waals surface area contributed by atoms with Crippen LogP contribution in [0.15, 0.2) is 24.3 Å². The minimum absolute atomic E-state index is 0.174. The number of nitrogens with zero attached hydrogens (tertiary/aromatic N) is 2. The third-order valence-corrected chi connectivity index (χ3v) is 5.60. The molecule has 1 unspecified atom stereocenters. The molecule has 0 aromatic heterocycles. The Balaban J connectivity index is 1.65. The summed E-state index contributed by atoms with van der Waals surface area (Å²) in [4.78, 5) is 28.7. The Bertz CT molecular complexity index is 701. The highest BCUT2D eigenvalue weighted by atomic mass is 16.6. The average molecular weight is 358 g/mol. The topological polar surface area (TPSA) is 49.9 Å². The Labute approximate surface area is 156 Å². The van der Waals surface area contributed by atoms with Crippen molar-refractivity contribution in [1.29, 1.82) is 0 Å². The summed E-state index contributed by atoms with van der Waals surface area (Å²) in [6, 6.07) is 8.08. The molecule has 2 amide bonds. The molecule has 0 N–H and O–H groups in total. The van der Waals surface area contributed by atoms with Crippen molar-refractivity contribution in [2.75, 3.05) is 25.0 Å². The van der Waals surface area contributed by atoms with Gasteiger partial charge in [-0.05, 0) is 64.5 Å². The SMILES string of the molecule is CN1C(=O)C(C)(CC2CCN(C(=O)OC(C)(C)C)CC2)c2ccccc21. The van der Waals surface area contributed by atoms with Gasteiger partial charge in [0.2, 0.25) is 5.91 Å². The van der Waals surface area contributed by atoms with E-state index < -0.39 is 11.0 Å². The minimum atomic E-state index is -0.468. The number of carbonyl (C=O) groups is 2. The zero-order valence-corrected chi connectivity index (χ0v) is 16.5. The summed E-state index contributed by atoms with van der Waals surface area (Å²) in [6.07, 6.45) is 2.42. The molecule has 0 aliphatic carbocycles. The quantitative estimate of drug-likeness (QED) is 0.804. The highest BCUT2D eigenvalue weighted by Crippen LogP contribution is 2.45. The van der Waals surface area contributed by atoms with Gasteiger partial charge in [-0.3, -0.25) is 4.79 Å². The molecule has 1 aromatic carbocycles. The molecule has 2 aliphatic heterocycles. The lowest BCUT2D eigenvalue weighted by Crippen LogP contribution is -2.44. The van der Waals surface area contributed by atoms with E-state index in [2.05, 4.69) is 13.0 Å². The van der Waals surface area contributed by atoms with Gasteiger partial charge in [0.05, 0.1) is 5.41 Å². The Hall–Kier alpha value is -2.04. The predicted molar refractivity (Wildman–Crippen MR) is 102 cm³/mol. The largest absolute Gasteiger partial charge is 0.444 e. The number of ether oxygens (including phenoxy) is 1. The van der Waals surface area contributed by atoms with E-state index in [1.54, 1.807) is 9.80 Å². The number of anilines is 1. The molecule has 5 nitrogen and oxygen atoms in total. The molecule has 1 saturated heterocycles. The molecule has 2 heterocycles. The van der Waals surface area contributed by atoms with E-state index >= 15 is 0 Å². The van der Waals surface area contributed by atoms with Crippen molar-refractivity contribution >= 4 is 17.7 Å². The van der Waals surface area contributed by atoms with E-state index in [0.29, 0.717) is 19.0 Å². The maximum absolute atomic E-state index is 12.9.